The van der Waals surface area contributed by atoms with Gasteiger partial charge in [0.25, 0.3) is 5.91 Å². The predicted octanol–water partition coefficient (Wildman–Crippen LogP) is 5.02. The first-order chi connectivity index (χ1) is 25.6. The van der Waals surface area contributed by atoms with Crippen molar-refractivity contribution in [2.75, 3.05) is 6.54 Å². The van der Waals surface area contributed by atoms with Crippen LogP contribution >= 0.6 is 0 Å². The van der Waals surface area contributed by atoms with Crippen molar-refractivity contribution in [3.8, 4) is 16.8 Å². The molecule has 0 aliphatic heterocycles. The second-order valence-corrected chi connectivity index (χ2v) is 13.7. The fourth-order valence-corrected chi connectivity index (χ4v) is 6.39. The first kappa shape index (κ1) is 38.6. The molecule has 1 aromatic heterocycles. The molecule has 0 saturated heterocycles. The van der Waals surface area contributed by atoms with E-state index < -0.39 is 42.0 Å². The highest BCUT2D eigenvalue weighted by Crippen LogP contribution is 2.21. The van der Waals surface area contributed by atoms with Crippen LogP contribution in [0.25, 0.3) is 16.8 Å². The Labute approximate surface area is 311 Å². The van der Waals surface area contributed by atoms with Crippen molar-refractivity contribution < 1.29 is 19.5 Å². The van der Waals surface area contributed by atoms with Gasteiger partial charge in [-0.1, -0.05) is 130 Å². The normalized spacial score (nSPS) is 13.5. The molecule has 4 aromatic carbocycles. The molecule has 276 valence electrons. The lowest BCUT2D eigenvalue weighted by atomic mass is 9.97. The minimum absolute atomic E-state index is 0.00869. The lowest BCUT2D eigenvalue weighted by Crippen LogP contribution is -2.57. The average molecular weight is 715 g/mol. The number of nitrogens with zero attached hydrogens (tertiary/aromatic N) is 2. The highest BCUT2D eigenvalue weighted by atomic mass is 16.3. The number of aliphatic hydroxyl groups excluding tert-OH is 1. The molecule has 1 heterocycles. The molecule has 5 rings (SSSR count). The maximum absolute atomic E-state index is 14.0. The van der Waals surface area contributed by atoms with Crippen molar-refractivity contribution in [3.63, 3.8) is 0 Å². The van der Waals surface area contributed by atoms with Crippen LogP contribution in [0.5, 0.6) is 0 Å². The maximum Gasteiger partial charge on any atom is 0.255 e. The molecule has 0 fully saturated rings. The number of primary amides is 1. The Balaban J connectivity index is 1.28. The molecular formula is C43H50N6O4. The number of hydrogen-bond acceptors (Lipinski definition) is 6. The van der Waals surface area contributed by atoms with E-state index in [2.05, 4.69) is 21.0 Å². The van der Waals surface area contributed by atoms with E-state index in [4.69, 9.17) is 5.73 Å². The van der Waals surface area contributed by atoms with E-state index in [9.17, 15) is 19.5 Å². The molecule has 0 radical (unpaired) electrons. The summed E-state index contributed by atoms with van der Waals surface area (Å²) in [5.74, 6) is -1.63. The van der Waals surface area contributed by atoms with E-state index >= 15 is 0 Å². The molecule has 0 aliphatic rings. The number of benzene rings is 4. The summed E-state index contributed by atoms with van der Waals surface area (Å²) in [7, 11) is 0. The number of carbonyl (C=O) groups excluding carboxylic acids is 3. The summed E-state index contributed by atoms with van der Waals surface area (Å²) in [6, 6.07) is 34.7. The molecule has 4 atom stereocenters. The molecule has 0 bridgehead atoms. The fraction of sp³-hybridized carbons (Fsp3) is 0.302. The number of nitrogens with one attached hydrogen (secondary N) is 3. The summed E-state index contributed by atoms with van der Waals surface area (Å²) in [5.41, 5.74) is 11.8. The molecule has 6 N–H and O–H groups in total. The smallest absolute Gasteiger partial charge is 0.255 e. The standard InChI is InChI=1S/C43H50N6O4/c1-4-14-38-35(27-46-49(38)34-19-12-7-13-20-34)42(52)48-40(29(2)3)43(53)47-36(25-30-15-8-5-9-16-30)39(50)28-45-37(41(44)51)26-31-21-23-33(24-22-31)32-17-10-6-11-18-32/h5-13,15-24,27,29,36-37,39-40,45,50H,4,14,25-26,28H2,1-3H3,(H2,44,51)(H,47,53)(H,48,52)/t36-,37-,39-,40-/m0/s1. The number of rotatable bonds is 18. The van der Waals surface area contributed by atoms with Crippen LogP contribution in [0.15, 0.2) is 121 Å². The number of aliphatic hydroxyl groups is 1. The van der Waals surface area contributed by atoms with Crippen LogP contribution in [-0.4, -0.2) is 63.4 Å². The monoisotopic (exact) mass is 714 g/mol. The van der Waals surface area contributed by atoms with Crippen LogP contribution in [0, 0.1) is 5.92 Å². The summed E-state index contributed by atoms with van der Waals surface area (Å²) in [5, 5.41) is 25.2. The molecule has 10 nitrogen and oxygen atoms in total. The van der Waals surface area contributed by atoms with Crippen LogP contribution in [0.1, 0.15) is 54.4 Å². The minimum atomic E-state index is -1.09. The molecule has 0 aliphatic carbocycles. The quantitative estimate of drug-likeness (QED) is 0.0861. The number of nitrogens with two attached hydrogens (primary N) is 1. The third-order valence-corrected chi connectivity index (χ3v) is 9.35. The zero-order chi connectivity index (χ0) is 37.7. The Morgan fingerprint density at radius 3 is 1.96 bits per heavy atom. The van der Waals surface area contributed by atoms with Crippen molar-refractivity contribution in [3.05, 3.63) is 144 Å². The Morgan fingerprint density at radius 2 is 1.36 bits per heavy atom. The van der Waals surface area contributed by atoms with Gasteiger partial charge in [0.15, 0.2) is 0 Å². The SMILES string of the molecule is CCCc1c(C(=O)N[C@H](C(=O)N[C@@H](Cc2ccccc2)[C@@H](O)CN[C@@H](Cc2ccc(-c3ccccc3)cc2)C(N)=O)C(C)C)cnn1-c1ccccc1. The highest BCUT2D eigenvalue weighted by Gasteiger charge is 2.31. The minimum Gasteiger partial charge on any atom is -0.390 e. The number of aromatic nitrogens is 2. The number of para-hydroxylation sites is 1. The summed E-state index contributed by atoms with van der Waals surface area (Å²) < 4.78 is 1.77. The van der Waals surface area contributed by atoms with Gasteiger partial charge in [-0.15, -0.1) is 0 Å². The maximum atomic E-state index is 14.0. The molecule has 10 heteroatoms. The van der Waals surface area contributed by atoms with Crippen LogP contribution in [0.2, 0.25) is 0 Å². The van der Waals surface area contributed by atoms with Crippen molar-refractivity contribution in [1.82, 2.24) is 25.7 Å². The average Bonchev–Trinajstić information content (AvgIpc) is 3.60. The Kier molecular flexibility index (Phi) is 13.7. The van der Waals surface area contributed by atoms with Crippen molar-refractivity contribution in [1.29, 1.82) is 0 Å². The predicted molar refractivity (Wildman–Crippen MR) is 208 cm³/mol. The number of hydrogen-bond donors (Lipinski definition) is 5. The molecule has 3 amide bonds. The van der Waals surface area contributed by atoms with Gasteiger partial charge in [0.1, 0.15) is 6.04 Å². The third kappa shape index (κ3) is 10.5. The van der Waals surface area contributed by atoms with E-state index in [0.717, 1.165) is 40.1 Å². The second kappa shape index (κ2) is 18.8. The van der Waals surface area contributed by atoms with Gasteiger partial charge in [-0.05, 0) is 59.6 Å². The van der Waals surface area contributed by atoms with E-state index in [-0.39, 0.29) is 12.5 Å². The van der Waals surface area contributed by atoms with Crippen molar-refractivity contribution >= 4 is 17.7 Å². The summed E-state index contributed by atoms with van der Waals surface area (Å²) in [6.45, 7) is 5.75. The van der Waals surface area contributed by atoms with E-state index in [1.165, 1.54) is 0 Å². The molecular weight excluding hydrogens is 665 g/mol. The molecule has 0 spiro atoms. The lowest BCUT2D eigenvalue weighted by molar-refractivity contribution is -0.125. The van der Waals surface area contributed by atoms with Gasteiger partial charge in [-0.25, -0.2) is 4.68 Å². The van der Waals surface area contributed by atoms with Gasteiger partial charge in [0.2, 0.25) is 11.8 Å². The van der Waals surface area contributed by atoms with E-state index in [1.54, 1.807) is 10.9 Å². The van der Waals surface area contributed by atoms with Gasteiger partial charge in [0.05, 0.1) is 41.3 Å². The lowest BCUT2D eigenvalue weighted by Gasteiger charge is -2.29. The van der Waals surface area contributed by atoms with E-state index in [0.29, 0.717) is 24.8 Å². The molecule has 0 saturated carbocycles. The Hall–Kier alpha value is -5.58. The molecule has 0 unspecified atom stereocenters. The number of carbonyl (C=O) groups is 3. The Morgan fingerprint density at radius 1 is 0.774 bits per heavy atom. The molecule has 5 aromatic rings. The zero-order valence-electron chi connectivity index (χ0n) is 30.6. The van der Waals surface area contributed by atoms with Gasteiger partial charge in [0, 0.05) is 6.54 Å². The Bertz CT molecular complexity index is 1910. The summed E-state index contributed by atoms with van der Waals surface area (Å²) in [4.78, 5) is 40.2. The third-order valence-electron chi connectivity index (χ3n) is 9.35. The van der Waals surface area contributed by atoms with Crippen LogP contribution in [-0.2, 0) is 28.9 Å². The van der Waals surface area contributed by atoms with Crippen molar-refractivity contribution in [2.24, 2.45) is 11.7 Å². The van der Waals surface area contributed by atoms with Gasteiger partial charge >= 0.3 is 0 Å². The summed E-state index contributed by atoms with van der Waals surface area (Å²) in [6.07, 6.45) is 2.53. The topological polar surface area (TPSA) is 151 Å². The first-order valence-corrected chi connectivity index (χ1v) is 18.3. The first-order valence-electron chi connectivity index (χ1n) is 18.3. The summed E-state index contributed by atoms with van der Waals surface area (Å²) >= 11 is 0. The second-order valence-electron chi connectivity index (χ2n) is 13.7. The van der Waals surface area contributed by atoms with Crippen LogP contribution < -0.4 is 21.7 Å². The fourth-order valence-electron chi connectivity index (χ4n) is 6.39. The van der Waals surface area contributed by atoms with Gasteiger partial charge in [-0.3, -0.25) is 14.4 Å². The zero-order valence-corrected chi connectivity index (χ0v) is 30.6. The van der Waals surface area contributed by atoms with Crippen LogP contribution in [0.4, 0.5) is 0 Å². The van der Waals surface area contributed by atoms with Crippen molar-refractivity contribution in [2.45, 2.75) is 70.7 Å². The number of amides is 3. The highest BCUT2D eigenvalue weighted by molar-refractivity contribution is 5.98. The molecule has 53 heavy (non-hydrogen) atoms. The van der Waals surface area contributed by atoms with Crippen LogP contribution in [0.3, 0.4) is 0 Å². The largest absolute Gasteiger partial charge is 0.390 e. The van der Waals surface area contributed by atoms with Gasteiger partial charge in [-0.2, -0.15) is 5.10 Å². The van der Waals surface area contributed by atoms with E-state index in [1.807, 2.05) is 136 Å². The van der Waals surface area contributed by atoms with Gasteiger partial charge < -0.3 is 26.8 Å².